The number of anilines is 1. The van der Waals surface area contributed by atoms with Gasteiger partial charge in [0.05, 0.1) is 31.3 Å². The lowest BCUT2D eigenvalue weighted by atomic mass is 9.90. The molecule has 2 aliphatic heterocycles. The van der Waals surface area contributed by atoms with Crippen molar-refractivity contribution in [3.05, 3.63) is 65.2 Å². The lowest BCUT2D eigenvalue weighted by molar-refractivity contribution is -0.276. The van der Waals surface area contributed by atoms with Gasteiger partial charge in [-0.2, -0.15) is 0 Å². The smallest absolute Gasteiger partial charge is 0.303 e. The molecular formula is C27H34N2O7. The maximum atomic E-state index is 12.1. The second-order valence-corrected chi connectivity index (χ2v) is 9.59. The van der Waals surface area contributed by atoms with Crippen LogP contribution in [0.1, 0.15) is 55.3 Å². The number of nitrogens with one attached hydrogen (secondary N) is 1. The average Bonchev–Trinajstić information content (AvgIpc) is 3.28. The number of carbonyl (C=O) groups is 2. The summed E-state index contributed by atoms with van der Waals surface area (Å²) in [6.45, 7) is 4.16. The Labute approximate surface area is 210 Å². The van der Waals surface area contributed by atoms with Crippen LogP contribution < -0.4 is 5.32 Å². The Morgan fingerprint density at radius 3 is 2.53 bits per heavy atom. The van der Waals surface area contributed by atoms with E-state index in [2.05, 4.69) is 17.1 Å². The Morgan fingerprint density at radius 2 is 1.86 bits per heavy atom. The highest BCUT2D eigenvalue weighted by atomic mass is 16.7. The highest BCUT2D eigenvalue weighted by Gasteiger charge is 2.40. The molecule has 0 bridgehead atoms. The van der Waals surface area contributed by atoms with Crippen molar-refractivity contribution < 1.29 is 34.4 Å². The SMILES string of the molecule is CC1C(CN2CCC(O)C2)OC(c2cccc(NC(=O)CCC(=O)O)c2)OC1c1ccc(CO)cc1. The van der Waals surface area contributed by atoms with Crippen LogP contribution in [-0.2, 0) is 25.7 Å². The van der Waals surface area contributed by atoms with Crippen LogP contribution in [0.15, 0.2) is 48.5 Å². The van der Waals surface area contributed by atoms with Crippen LogP contribution in [-0.4, -0.2) is 63.9 Å². The predicted molar refractivity (Wildman–Crippen MR) is 132 cm³/mol. The van der Waals surface area contributed by atoms with Crippen molar-refractivity contribution in [1.29, 1.82) is 0 Å². The number of likely N-dealkylation sites (tertiary alicyclic amines) is 1. The van der Waals surface area contributed by atoms with Gasteiger partial charge in [-0.05, 0) is 29.7 Å². The summed E-state index contributed by atoms with van der Waals surface area (Å²) < 4.78 is 12.9. The molecule has 0 aliphatic carbocycles. The van der Waals surface area contributed by atoms with Gasteiger partial charge in [0.15, 0.2) is 6.29 Å². The molecule has 9 heteroatoms. The number of benzene rings is 2. The zero-order valence-electron chi connectivity index (χ0n) is 20.4. The monoisotopic (exact) mass is 498 g/mol. The van der Waals surface area contributed by atoms with Crippen molar-refractivity contribution in [2.75, 3.05) is 25.0 Å². The summed E-state index contributed by atoms with van der Waals surface area (Å²) >= 11 is 0. The molecule has 0 radical (unpaired) electrons. The summed E-state index contributed by atoms with van der Waals surface area (Å²) in [5, 5.41) is 31.0. The molecule has 2 aromatic carbocycles. The number of rotatable bonds is 9. The Balaban J connectivity index is 1.54. The lowest BCUT2D eigenvalue weighted by Crippen LogP contribution is -2.44. The molecule has 5 unspecified atom stereocenters. The van der Waals surface area contributed by atoms with Gasteiger partial charge in [-0.25, -0.2) is 0 Å². The minimum Gasteiger partial charge on any atom is -0.481 e. The first-order valence-electron chi connectivity index (χ1n) is 12.3. The van der Waals surface area contributed by atoms with Gasteiger partial charge >= 0.3 is 5.97 Å². The van der Waals surface area contributed by atoms with Gasteiger partial charge in [0, 0.05) is 43.2 Å². The normalized spacial score (nSPS) is 26.6. The van der Waals surface area contributed by atoms with Crippen LogP contribution in [0.2, 0.25) is 0 Å². The van der Waals surface area contributed by atoms with E-state index in [4.69, 9.17) is 14.6 Å². The minimum absolute atomic E-state index is 0.0258. The number of carboxylic acid groups (broad SMARTS) is 1. The first-order chi connectivity index (χ1) is 17.3. The molecule has 0 spiro atoms. The molecule has 0 saturated carbocycles. The van der Waals surface area contributed by atoms with E-state index in [1.165, 1.54) is 0 Å². The molecule has 9 nitrogen and oxygen atoms in total. The molecule has 194 valence electrons. The number of aliphatic carboxylic acids is 1. The van der Waals surface area contributed by atoms with Crippen LogP contribution in [0.25, 0.3) is 0 Å². The van der Waals surface area contributed by atoms with E-state index >= 15 is 0 Å². The van der Waals surface area contributed by atoms with E-state index in [1.54, 1.807) is 18.2 Å². The number of aliphatic hydroxyl groups excluding tert-OH is 2. The second-order valence-electron chi connectivity index (χ2n) is 9.59. The van der Waals surface area contributed by atoms with Crippen molar-refractivity contribution in [3.63, 3.8) is 0 Å². The van der Waals surface area contributed by atoms with Gasteiger partial charge in [-0.3, -0.25) is 14.5 Å². The van der Waals surface area contributed by atoms with E-state index in [1.807, 2.05) is 30.3 Å². The van der Waals surface area contributed by atoms with Crippen molar-refractivity contribution in [1.82, 2.24) is 4.90 Å². The topological polar surface area (TPSA) is 129 Å². The maximum absolute atomic E-state index is 12.1. The highest BCUT2D eigenvalue weighted by molar-refractivity contribution is 5.92. The molecule has 1 amide bonds. The summed E-state index contributed by atoms with van der Waals surface area (Å²) in [7, 11) is 0. The summed E-state index contributed by atoms with van der Waals surface area (Å²) in [5.41, 5.74) is 3.08. The first kappa shape index (κ1) is 26.2. The van der Waals surface area contributed by atoms with Crippen LogP contribution >= 0.6 is 0 Å². The fraction of sp³-hybridized carbons (Fsp3) is 0.481. The number of amides is 1. The molecule has 2 fully saturated rings. The molecule has 0 aromatic heterocycles. The number of aliphatic hydroxyl groups is 2. The summed E-state index contributed by atoms with van der Waals surface area (Å²) in [4.78, 5) is 25.1. The van der Waals surface area contributed by atoms with Crippen molar-refractivity contribution in [2.45, 2.75) is 57.4 Å². The van der Waals surface area contributed by atoms with Crippen LogP contribution in [0.5, 0.6) is 0 Å². The fourth-order valence-electron chi connectivity index (χ4n) is 4.77. The van der Waals surface area contributed by atoms with Gasteiger partial charge < -0.3 is 30.1 Å². The molecule has 4 N–H and O–H groups in total. The van der Waals surface area contributed by atoms with E-state index in [-0.39, 0.29) is 49.6 Å². The van der Waals surface area contributed by atoms with Crippen molar-refractivity contribution in [2.24, 2.45) is 5.92 Å². The average molecular weight is 499 g/mol. The lowest BCUT2D eigenvalue weighted by Gasteiger charge is -2.42. The Bertz CT molecular complexity index is 1040. The van der Waals surface area contributed by atoms with E-state index in [9.17, 15) is 19.8 Å². The zero-order chi connectivity index (χ0) is 25.7. The largest absolute Gasteiger partial charge is 0.481 e. The maximum Gasteiger partial charge on any atom is 0.303 e. The standard InChI is InChI=1S/C27H34N2O7/c1-17-23(15-29-12-11-22(31)14-29)35-27(36-26(17)19-7-5-18(16-30)6-8-19)20-3-2-4-21(13-20)28-24(32)9-10-25(33)34/h2-8,13,17,22-23,26-27,30-31H,9-12,14-16H2,1H3,(H,28,32)(H,33,34). The molecule has 5 atom stereocenters. The molecule has 2 heterocycles. The zero-order valence-corrected chi connectivity index (χ0v) is 20.4. The molecule has 2 aromatic rings. The molecular weight excluding hydrogens is 464 g/mol. The van der Waals surface area contributed by atoms with Gasteiger partial charge in [0.25, 0.3) is 0 Å². The van der Waals surface area contributed by atoms with Gasteiger partial charge in [-0.15, -0.1) is 0 Å². The number of nitrogens with zero attached hydrogens (tertiary/aromatic N) is 1. The minimum atomic E-state index is -1.02. The fourth-order valence-corrected chi connectivity index (χ4v) is 4.77. The van der Waals surface area contributed by atoms with E-state index in [0.29, 0.717) is 18.8 Å². The second kappa shape index (κ2) is 11.9. The van der Waals surface area contributed by atoms with Crippen molar-refractivity contribution in [3.8, 4) is 0 Å². The van der Waals surface area contributed by atoms with Gasteiger partial charge in [0.2, 0.25) is 5.91 Å². The number of β-amino-alcohol motifs (C(OH)–C–C–N with tert-alkyl or cyclic N) is 1. The third-order valence-electron chi connectivity index (χ3n) is 6.82. The summed E-state index contributed by atoms with van der Waals surface area (Å²) in [6, 6.07) is 14.9. The van der Waals surface area contributed by atoms with Crippen LogP contribution in [0.4, 0.5) is 5.69 Å². The Kier molecular flexibility index (Phi) is 8.71. The van der Waals surface area contributed by atoms with Gasteiger partial charge in [0.1, 0.15) is 0 Å². The number of ether oxygens (including phenoxy) is 2. The molecule has 2 aliphatic rings. The third kappa shape index (κ3) is 6.68. The third-order valence-corrected chi connectivity index (χ3v) is 6.82. The van der Waals surface area contributed by atoms with Crippen LogP contribution in [0, 0.1) is 5.92 Å². The summed E-state index contributed by atoms with van der Waals surface area (Å²) in [6.07, 6.45) is -1.02. The van der Waals surface area contributed by atoms with Crippen LogP contribution in [0.3, 0.4) is 0 Å². The predicted octanol–water partition coefficient (Wildman–Crippen LogP) is 2.84. The first-order valence-corrected chi connectivity index (χ1v) is 12.3. The van der Waals surface area contributed by atoms with Crippen molar-refractivity contribution >= 4 is 17.6 Å². The number of hydrogen-bond donors (Lipinski definition) is 4. The van der Waals surface area contributed by atoms with Gasteiger partial charge in [-0.1, -0.05) is 43.3 Å². The molecule has 2 saturated heterocycles. The number of hydrogen-bond acceptors (Lipinski definition) is 7. The summed E-state index contributed by atoms with van der Waals surface area (Å²) in [5.74, 6) is -1.37. The number of carbonyl (C=O) groups excluding carboxylic acids is 1. The van der Waals surface area contributed by atoms with E-state index < -0.39 is 12.3 Å². The molecule has 36 heavy (non-hydrogen) atoms. The Hall–Kier alpha value is -2.82. The van der Waals surface area contributed by atoms with E-state index in [0.717, 1.165) is 29.7 Å². The quantitative estimate of drug-likeness (QED) is 0.416. The Morgan fingerprint density at radius 1 is 1.08 bits per heavy atom. The number of carboxylic acids is 1. The molecule has 4 rings (SSSR count). The highest BCUT2D eigenvalue weighted by Crippen LogP contribution is 2.42.